The quantitative estimate of drug-likeness (QED) is 0.649. The van der Waals surface area contributed by atoms with E-state index in [4.69, 9.17) is 5.73 Å². The first-order chi connectivity index (χ1) is 9.27. The number of nitrogens with two attached hydrogens (primary N) is 1. The lowest BCUT2D eigenvalue weighted by atomic mass is 10.2. The summed E-state index contributed by atoms with van der Waals surface area (Å²) in [6.45, 7) is 1.25. The topological polar surface area (TPSA) is 127 Å². The second kappa shape index (κ2) is 4.87. The van der Waals surface area contributed by atoms with E-state index in [1.54, 1.807) is 6.92 Å². The summed E-state index contributed by atoms with van der Waals surface area (Å²) in [5.74, 6) is -1.46. The van der Waals surface area contributed by atoms with E-state index in [1.165, 1.54) is 17.9 Å². The van der Waals surface area contributed by atoms with Gasteiger partial charge in [0.2, 0.25) is 21.8 Å². The minimum Gasteiger partial charge on any atom is -0.381 e. The smallest absolute Gasteiger partial charge is 0.249 e. The number of aryl methyl sites for hydroxylation is 1. The van der Waals surface area contributed by atoms with Crippen molar-refractivity contribution in [2.24, 2.45) is 7.05 Å². The first-order valence-corrected chi connectivity index (χ1v) is 7.36. The monoisotopic (exact) mass is 301 g/mol. The fraction of sp³-hybridized carbons (Fsp3) is 0.500. The van der Waals surface area contributed by atoms with Gasteiger partial charge >= 0.3 is 0 Å². The van der Waals surface area contributed by atoms with Crippen molar-refractivity contribution in [2.45, 2.75) is 24.3 Å². The number of nitrogen functional groups attached to an aromatic ring is 1. The average molecular weight is 301 g/mol. The van der Waals surface area contributed by atoms with Crippen LogP contribution in [0.25, 0.3) is 0 Å². The van der Waals surface area contributed by atoms with E-state index in [9.17, 15) is 18.0 Å². The zero-order chi connectivity index (χ0) is 15.1. The van der Waals surface area contributed by atoms with Crippen LogP contribution in [0.15, 0.2) is 11.1 Å². The van der Waals surface area contributed by atoms with Crippen LogP contribution in [-0.2, 0) is 26.7 Å². The number of amides is 2. The molecule has 0 bridgehead atoms. The molecule has 2 amide bonds. The summed E-state index contributed by atoms with van der Waals surface area (Å²) in [7, 11) is -2.53. The Hall–Kier alpha value is -1.94. The van der Waals surface area contributed by atoms with Crippen LogP contribution in [0, 0.1) is 0 Å². The third-order valence-corrected chi connectivity index (χ3v) is 4.88. The molecule has 1 fully saturated rings. The van der Waals surface area contributed by atoms with Crippen molar-refractivity contribution < 1.29 is 18.0 Å². The van der Waals surface area contributed by atoms with E-state index in [0.29, 0.717) is 0 Å². The van der Waals surface area contributed by atoms with Gasteiger partial charge in [-0.3, -0.25) is 19.6 Å². The Kier molecular flexibility index (Phi) is 3.52. The lowest BCUT2D eigenvalue weighted by Gasteiger charge is -2.31. The molecule has 1 atom stereocenters. The number of nitrogens with one attached hydrogen (secondary N) is 1. The van der Waals surface area contributed by atoms with Crippen molar-refractivity contribution in [3.63, 3.8) is 0 Å². The van der Waals surface area contributed by atoms with E-state index in [-0.39, 0.29) is 17.1 Å². The van der Waals surface area contributed by atoms with E-state index in [2.05, 4.69) is 10.4 Å². The first kappa shape index (κ1) is 14.5. The SMILES string of the molecule is CCC1C(=O)NC(=O)CN1S(=O)(=O)c1cn(C)nc1N. The summed E-state index contributed by atoms with van der Waals surface area (Å²) in [4.78, 5) is 22.9. The Balaban J connectivity index is 2.49. The van der Waals surface area contributed by atoms with Crippen LogP contribution < -0.4 is 11.1 Å². The van der Waals surface area contributed by atoms with E-state index >= 15 is 0 Å². The molecule has 1 aromatic rings. The van der Waals surface area contributed by atoms with Crippen molar-refractivity contribution in [2.75, 3.05) is 12.3 Å². The summed E-state index contributed by atoms with van der Waals surface area (Å²) in [6, 6.07) is -0.933. The van der Waals surface area contributed by atoms with E-state index in [0.717, 1.165) is 4.31 Å². The van der Waals surface area contributed by atoms with Crippen molar-refractivity contribution in [3.05, 3.63) is 6.20 Å². The molecule has 1 aliphatic rings. The molecule has 110 valence electrons. The normalized spacial score (nSPS) is 21.0. The predicted molar refractivity (Wildman–Crippen MR) is 68.7 cm³/mol. The molecule has 0 aromatic carbocycles. The van der Waals surface area contributed by atoms with Crippen molar-refractivity contribution in [1.29, 1.82) is 0 Å². The van der Waals surface area contributed by atoms with Gasteiger partial charge in [0.05, 0.1) is 6.54 Å². The van der Waals surface area contributed by atoms with Gasteiger partial charge in [0.1, 0.15) is 10.9 Å². The van der Waals surface area contributed by atoms with Gasteiger partial charge in [0.25, 0.3) is 0 Å². The summed E-state index contributed by atoms with van der Waals surface area (Å²) < 4.78 is 27.2. The van der Waals surface area contributed by atoms with Gasteiger partial charge in [-0.05, 0) is 6.42 Å². The second-order valence-electron chi connectivity index (χ2n) is 4.44. The highest BCUT2D eigenvalue weighted by Gasteiger charge is 2.41. The lowest BCUT2D eigenvalue weighted by molar-refractivity contribution is -0.137. The molecular weight excluding hydrogens is 286 g/mol. The zero-order valence-corrected chi connectivity index (χ0v) is 11.8. The number of sulfonamides is 1. The van der Waals surface area contributed by atoms with Gasteiger partial charge in [0.15, 0.2) is 5.82 Å². The molecule has 0 aliphatic carbocycles. The standard InChI is InChI=1S/C10H15N5O4S/c1-3-6-10(17)12-8(16)5-15(6)20(18,19)7-4-14(2)13-9(7)11/h4,6H,3,5H2,1-2H3,(H2,11,13)(H,12,16,17). The van der Waals surface area contributed by atoms with Crippen LogP contribution in [0.4, 0.5) is 5.82 Å². The number of anilines is 1. The maximum absolute atomic E-state index is 12.5. The Bertz CT molecular complexity index is 665. The number of rotatable bonds is 3. The summed E-state index contributed by atoms with van der Waals surface area (Å²) >= 11 is 0. The molecule has 3 N–H and O–H groups in total. The number of nitrogens with zero attached hydrogens (tertiary/aromatic N) is 3. The summed E-state index contributed by atoms with van der Waals surface area (Å²) in [5, 5.41) is 5.88. The largest absolute Gasteiger partial charge is 0.381 e. The minimum atomic E-state index is -4.06. The molecular formula is C10H15N5O4S. The van der Waals surface area contributed by atoms with Crippen LogP contribution >= 0.6 is 0 Å². The third kappa shape index (κ3) is 2.27. The highest BCUT2D eigenvalue weighted by Crippen LogP contribution is 2.24. The van der Waals surface area contributed by atoms with Crippen LogP contribution in [-0.4, -0.2) is 46.9 Å². The van der Waals surface area contributed by atoms with Crippen LogP contribution in [0.1, 0.15) is 13.3 Å². The highest BCUT2D eigenvalue weighted by molar-refractivity contribution is 7.89. The highest BCUT2D eigenvalue weighted by atomic mass is 32.2. The Morgan fingerprint density at radius 1 is 1.50 bits per heavy atom. The predicted octanol–water partition coefficient (Wildman–Crippen LogP) is -1.57. The number of aromatic nitrogens is 2. The van der Waals surface area contributed by atoms with Gasteiger partial charge in [0, 0.05) is 13.2 Å². The number of hydrogen-bond acceptors (Lipinski definition) is 6. The van der Waals surface area contributed by atoms with Gasteiger partial charge in [-0.15, -0.1) is 0 Å². The number of piperazine rings is 1. The Labute approximate surface area is 115 Å². The van der Waals surface area contributed by atoms with Gasteiger partial charge in [-0.1, -0.05) is 6.92 Å². The molecule has 2 heterocycles. The first-order valence-electron chi connectivity index (χ1n) is 5.92. The number of hydrogen-bond donors (Lipinski definition) is 2. The van der Waals surface area contributed by atoms with Crippen LogP contribution in [0.3, 0.4) is 0 Å². The Morgan fingerprint density at radius 3 is 2.65 bits per heavy atom. The molecule has 10 heteroatoms. The summed E-state index contributed by atoms with van der Waals surface area (Å²) in [6.07, 6.45) is 1.49. The molecule has 1 aromatic heterocycles. The van der Waals surface area contributed by atoms with Crippen LogP contribution in [0.2, 0.25) is 0 Å². The molecule has 1 saturated heterocycles. The molecule has 9 nitrogen and oxygen atoms in total. The van der Waals surface area contributed by atoms with Gasteiger partial charge in [-0.2, -0.15) is 9.40 Å². The Morgan fingerprint density at radius 2 is 2.15 bits per heavy atom. The number of carbonyl (C=O) groups excluding carboxylic acids is 2. The third-order valence-electron chi connectivity index (χ3n) is 3.01. The number of carbonyl (C=O) groups is 2. The van der Waals surface area contributed by atoms with Crippen molar-refractivity contribution in [1.82, 2.24) is 19.4 Å². The molecule has 1 unspecified atom stereocenters. The molecule has 0 spiro atoms. The molecule has 2 rings (SSSR count). The molecule has 20 heavy (non-hydrogen) atoms. The molecule has 0 saturated carbocycles. The van der Waals surface area contributed by atoms with Crippen molar-refractivity contribution in [3.8, 4) is 0 Å². The lowest BCUT2D eigenvalue weighted by Crippen LogP contribution is -2.59. The zero-order valence-electron chi connectivity index (χ0n) is 11.0. The minimum absolute atomic E-state index is 0.166. The fourth-order valence-corrected chi connectivity index (χ4v) is 3.80. The maximum atomic E-state index is 12.5. The molecule has 0 radical (unpaired) electrons. The van der Waals surface area contributed by atoms with Crippen molar-refractivity contribution >= 4 is 27.7 Å². The summed E-state index contributed by atoms with van der Waals surface area (Å²) in [5.41, 5.74) is 5.57. The maximum Gasteiger partial charge on any atom is 0.249 e. The second-order valence-corrected chi connectivity index (χ2v) is 6.30. The van der Waals surface area contributed by atoms with Crippen LogP contribution in [0.5, 0.6) is 0 Å². The van der Waals surface area contributed by atoms with E-state index < -0.39 is 34.4 Å². The average Bonchev–Trinajstić information content (AvgIpc) is 2.68. The van der Waals surface area contributed by atoms with E-state index in [1.807, 2.05) is 0 Å². The number of imide groups is 1. The fourth-order valence-electron chi connectivity index (χ4n) is 2.09. The van der Waals surface area contributed by atoms with Gasteiger partial charge < -0.3 is 5.73 Å². The molecule has 1 aliphatic heterocycles. The van der Waals surface area contributed by atoms with Gasteiger partial charge in [-0.25, -0.2) is 8.42 Å².